The molecular weight excluding hydrogens is 440 g/mol. The van der Waals surface area contributed by atoms with Gasteiger partial charge in [-0.05, 0) is 30.3 Å². The van der Waals surface area contributed by atoms with Gasteiger partial charge in [0.05, 0.1) is 15.9 Å². The van der Waals surface area contributed by atoms with Gasteiger partial charge in [0.2, 0.25) is 10.0 Å². The zero-order valence-corrected chi connectivity index (χ0v) is 17.9. The number of hydrogen-bond donors (Lipinski definition) is 2. The summed E-state index contributed by atoms with van der Waals surface area (Å²) < 4.78 is 51.3. The zero-order chi connectivity index (χ0) is 23.1. The van der Waals surface area contributed by atoms with Crippen LogP contribution in [-0.2, 0) is 10.0 Å². The quantitative estimate of drug-likeness (QED) is 0.617. The molecular formula is C21H21F2N5O3S. The first-order valence-electron chi connectivity index (χ1n) is 9.88. The molecule has 0 bridgehead atoms. The number of alkyl halides is 2. The molecule has 3 N–H and O–H groups in total. The third kappa shape index (κ3) is 4.39. The molecule has 8 nitrogen and oxygen atoms in total. The van der Waals surface area contributed by atoms with Crippen LogP contribution in [-0.4, -0.2) is 43.3 Å². The molecule has 1 aliphatic heterocycles. The molecule has 2 heterocycles. The predicted octanol–water partition coefficient (Wildman–Crippen LogP) is 3.01. The largest absolute Gasteiger partial charge is 0.354 e. The van der Waals surface area contributed by atoms with Gasteiger partial charge in [-0.25, -0.2) is 32.3 Å². The zero-order valence-electron chi connectivity index (χ0n) is 17.1. The lowest BCUT2D eigenvalue weighted by molar-refractivity contribution is -0.0652. The van der Waals surface area contributed by atoms with Crippen molar-refractivity contribution in [1.82, 2.24) is 9.97 Å². The minimum Gasteiger partial charge on any atom is -0.354 e. The van der Waals surface area contributed by atoms with E-state index in [0.29, 0.717) is 11.0 Å². The van der Waals surface area contributed by atoms with Gasteiger partial charge in [-0.1, -0.05) is 25.1 Å². The van der Waals surface area contributed by atoms with Crippen LogP contribution in [0, 0.1) is 5.92 Å². The molecule has 0 saturated carbocycles. The number of carbonyl (C=O) groups excluding carboxylic acids is 1. The third-order valence-electron chi connectivity index (χ3n) is 5.42. The van der Waals surface area contributed by atoms with Gasteiger partial charge in [0.1, 0.15) is 0 Å². The maximum atomic E-state index is 14.0. The van der Waals surface area contributed by atoms with E-state index in [0.717, 1.165) is 0 Å². The number of nitrogens with one attached hydrogen (secondary N) is 1. The van der Waals surface area contributed by atoms with E-state index in [1.807, 2.05) is 0 Å². The second-order valence-corrected chi connectivity index (χ2v) is 9.33. The Morgan fingerprint density at radius 2 is 1.84 bits per heavy atom. The molecule has 4 rings (SSSR count). The predicted molar refractivity (Wildman–Crippen MR) is 116 cm³/mol. The Balaban J connectivity index is 1.73. The number of sulfonamides is 1. The van der Waals surface area contributed by atoms with E-state index in [9.17, 15) is 22.0 Å². The molecule has 2 aromatic carbocycles. The van der Waals surface area contributed by atoms with Crippen molar-refractivity contribution in [3.63, 3.8) is 0 Å². The molecule has 1 aliphatic rings. The molecule has 1 amide bonds. The van der Waals surface area contributed by atoms with E-state index >= 15 is 0 Å². The number of nitrogens with two attached hydrogens (primary N) is 1. The lowest BCUT2D eigenvalue weighted by Gasteiger charge is -2.37. The second-order valence-electron chi connectivity index (χ2n) is 7.77. The van der Waals surface area contributed by atoms with Crippen molar-refractivity contribution in [2.75, 3.05) is 23.3 Å². The van der Waals surface area contributed by atoms with Crippen molar-refractivity contribution < 1.29 is 22.0 Å². The number of para-hydroxylation sites is 2. The van der Waals surface area contributed by atoms with Crippen LogP contribution in [0.1, 0.15) is 23.8 Å². The van der Waals surface area contributed by atoms with Crippen molar-refractivity contribution in [3.05, 3.63) is 54.2 Å². The molecule has 168 valence electrons. The van der Waals surface area contributed by atoms with Crippen LogP contribution in [0.3, 0.4) is 0 Å². The Morgan fingerprint density at radius 1 is 1.16 bits per heavy atom. The van der Waals surface area contributed by atoms with E-state index in [4.69, 9.17) is 5.14 Å². The fourth-order valence-electron chi connectivity index (χ4n) is 3.58. The molecule has 0 spiro atoms. The number of piperidine rings is 1. The Morgan fingerprint density at radius 3 is 2.50 bits per heavy atom. The number of halogens is 2. The van der Waals surface area contributed by atoms with Gasteiger partial charge in [0, 0.05) is 31.1 Å². The van der Waals surface area contributed by atoms with Crippen molar-refractivity contribution in [3.8, 4) is 0 Å². The van der Waals surface area contributed by atoms with Crippen molar-refractivity contribution in [1.29, 1.82) is 0 Å². The molecule has 3 aromatic rings. The van der Waals surface area contributed by atoms with E-state index in [-0.39, 0.29) is 41.6 Å². The van der Waals surface area contributed by atoms with Gasteiger partial charge in [-0.3, -0.25) is 4.79 Å². The Labute approximate surface area is 183 Å². The summed E-state index contributed by atoms with van der Waals surface area (Å²) in [6, 6.07) is 12.4. The molecule has 11 heteroatoms. The smallest absolute Gasteiger partial charge is 0.278 e. The van der Waals surface area contributed by atoms with Crippen LogP contribution in [0.4, 0.5) is 20.3 Å². The number of nitrogens with zero attached hydrogens (tertiary/aromatic N) is 3. The van der Waals surface area contributed by atoms with Gasteiger partial charge in [-0.15, -0.1) is 0 Å². The normalized spacial score (nSPS) is 18.5. The first kappa shape index (κ1) is 22.0. The van der Waals surface area contributed by atoms with Crippen molar-refractivity contribution in [2.45, 2.75) is 24.2 Å². The van der Waals surface area contributed by atoms with Crippen LogP contribution >= 0.6 is 0 Å². The molecule has 0 radical (unpaired) electrons. The number of primary sulfonamides is 1. The Kier molecular flexibility index (Phi) is 5.55. The standard InChI is InChI=1S/C21H21F2N5O3S/c1-13-12-28(10-9-21(13,22)23)19-18(26-16-7-2-3-8-17(16)27-19)20(29)25-14-5-4-6-15(11-14)32(24,30)31/h2-8,11,13H,9-10,12H2,1H3,(H,25,29)(H2,24,30,31). The van der Waals surface area contributed by atoms with Crippen LogP contribution in [0.2, 0.25) is 0 Å². The van der Waals surface area contributed by atoms with E-state index in [1.54, 1.807) is 29.2 Å². The van der Waals surface area contributed by atoms with Gasteiger partial charge < -0.3 is 10.2 Å². The topological polar surface area (TPSA) is 118 Å². The first-order chi connectivity index (χ1) is 15.0. The summed E-state index contributed by atoms with van der Waals surface area (Å²) in [6.07, 6.45) is -0.361. The Bertz CT molecular complexity index is 1300. The maximum absolute atomic E-state index is 14.0. The fourth-order valence-corrected chi connectivity index (χ4v) is 4.14. The number of anilines is 2. The van der Waals surface area contributed by atoms with E-state index in [1.165, 1.54) is 31.2 Å². The number of fused-ring (bicyclic) bond motifs is 1. The first-order valence-corrected chi connectivity index (χ1v) is 11.4. The average Bonchev–Trinajstić information content (AvgIpc) is 2.74. The van der Waals surface area contributed by atoms with Gasteiger partial charge in [-0.2, -0.15) is 0 Å². The summed E-state index contributed by atoms with van der Waals surface area (Å²) in [6.45, 7) is 1.49. The third-order valence-corrected chi connectivity index (χ3v) is 6.33. The highest BCUT2D eigenvalue weighted by Crippen LogP contribution is 2.35. The van der Waals surface area contributed by atoms with E-state index in [2.05, 4.69) is 15.3 Å². The molecule has 1 aromatic heterocycles. The molecule has 1 fully saturated rings. The summed E-state index contributed by atoms with van der Waals surface area (Å²) in [5.41, 5.74) is 1.15. The van der Waals surface area contributed by atoms with Gasteiger partial charge in [0.15, 0.2) is 11.5 Å². The molecule has 1 unspecified atom stereocenters. The number of amides is 1. The van der Waals surface area contributed by atoms with Crippen LogP contribution in [0.25, 0.3) is 11.0 Å². The molecule has 32 heavy (non-hydrogen) atoms. The highest BCUT2D eigenvalue weighted by Gasteiger charge is 2.42. The minimum atomic E-state index is -3.96. The highest BCUT2D eigenvalue weighted by molar-refractivity contribution is 7.89. The summed E-state index contributed by atoms with van der Waals surface area (Å²) in [5, 5.41) is 7.76. The maximum Gasteiger partial charge on any atom is 0.278 e. The summed E-state index contributed by atoms with van der Waals surface area (Å²) in [7, 11) is -3.96. The van der Waals surface area contributed by atoms with E-state index < -0.39 is 27.8 Å². The van der Waals surface area contributed by atoms with Crippen LogP contribution in [0.15, 0.2) is 53.4 Å². The fraction of sp³-hybridized carbons (Fsp3) is 0.286. The lowest BCUT2D eigenvalue weighted by Crippen LogP contribution is -2.46. The number of carbonyl (C=O) groups is 1. The second kappa shape index (κ2) is 8.06. The molecule has 0 aliphatic carbocycles. The Hall–Kier alpha value is -3.18. The number of aromatic nitrogens is 2. The lowest BCUT2D eigenvalue weighted by atomic mass is 9.95. The highest BCUT2D eigenvalue weighted by atomic mass is 32.2. The van der Waals surface area contributed by atoms with Gasteiger partial charge in [0.25, 0.3) is 11.8 Å². The van der Waals surface area contributed by atoms with Crippen LogP contribution < -0.4 is 15.4 Å². The minimum absolute atomic E-state index is 0.0151. The SMILES string of the molecule is CC1CN(c2nc3ccccc3nc2C(=O)Nc2cccc(S(N)(=O)=O)c2)CCC1(F)F. The molecule has 1 atom stereocenters. The monoisotopic (exact) mass is 461 g/mol. The van der Waals surface area contributed by atoms with Crippen LogP contribution in [0.5, 0.6) is 0 Å². The van der Waals surface area contributed by atoms with Crippen molar-refractivity contribution >= 4 is 38.5 Å². The molecule has 1 saturated heterocycles. The number of benzene rings is 2. The summed E-state index contributed by atoms with van der Waals surface area (Å²) in [5.74, 6) is -4.16. The van der Waals surface area contributed by atoms with Crippen molar-refractivity contribution in [2.24, 2.45) is 11.1 Å². The number of hydrogen-bond acceptors (Lipinski definition) is 6. The van der Waals surface area contributed by atoms with Gasteiger partial charge >= 0.3 is 0 Å². The summed E-state index contributed by atoms with van der Waals surface area (Å²) in [4.78, 5) is 23.6. The number of rotatable bonds is 4. The summed E-state index contributed by atoms with van der Waals surface area (Å²) >= 11 is 0. The average molecular weight is 461 g/mol.